The van der Waals surface area contributed by atoms with E-state index in [1.165, 1.54) is 31.4 Å². The second-order valence-electron chi connectivity index (χ2n) is 7.61. The molecule has 1 aliphatic rings. The van der Waals surface area contributed by atoms with E-state index in [4.69, 9.17) is 0 Å². The molecule has 0 bridgehead atoms. The van der Waals surface area contributed by atoms with Crippen molar-refractivity contribution in [3.63, 3.8) is 0 Å². The van der Waals surface area contributed by atoms with Gasteiger partial charge in [-0.05, 0) is 67.7 Å². The quantitative estimate of drug-likeness (QED) is 0.651. The molecule has 2 aromatic rings. The molecule has 0 saturated carbocycles. The third kappa shape index (κ3) is 6.52. The van der Waals surface area contributed by atoms with Crippen LogP contribution in [0.1, 0.15) is 42.5 Å². The highest BCUT2D eigenvalue weighted by molar-refractivity contribution is 7.98. The average Bonchev–Trinajstić information content (AvgIpc) is 3.07. The lowest BCUT2D eigenvalue weighted by atomic mass is 10.1. The van der Waals surface area contributed by atoms with Crippen LogP contribution in [-0.4, -0.2) is 43.0 Å². The Labute approximate surface area is 183 Å². The summed E-state index contributed by atoms with van der Waals surface area (Å²) in [5, 5.41) is 5.85. The summed E-state index contributed by atoms with van der Waals surface area (Å²) in [7, 11) is 0. The Kier molecular flexibility index (Phi) is 8.63. The molecule has 3 rings (SSSR count). The molecule has 2 amide bonds. The summed E-state index contributed by atoms with van der Waals surface area (Å²) < 4.78 is 0. The van der Waals surface area contributed by atoms with Gasteiger partial charge >= 0.3 is 0 Å². The molecule has 5 nitrogen and oxygen atoms in total. The summed E-state index contributed by atoms with van der Waals surface area (Å²) in [6.45, 7) is 2.18. The maximum Gasteiger partial charge on any atom is 0.251 e. The molecule has 1 atom stereocenters. The molecule has 1 fully saturated rings. The summed E-state index contributed by atoms with van der Waals surface area (Å²) in [4.78, 5) is 27.8. The Morgan fingerprint density at radius 2 is 1.63 bits per heavy atom. The fourth-order valence-corrected chi connectivity index (χ4v) is 4.12. The van der Waals surface area contributed by atoms with Crippen molar-refractivity contribution in [2.45, 2.75) is 38.1 Å². The van der Waals surface area contributed by atoms with Crippen molar-refractivity contribution in [3.05, 3.63) is 60.2 Å². The number of hydrogen-bond donors (Lipinski definition) is 2. The van der Waals surface area contributed by atoms with E-state index in [0.29, 0.717) is 12.0 Å². The van der Waals surface area contributed by atoms with Crippen LogP contribution in [0.2, 0.25) is 0 Å². The van der Waals surface area contributed by atoms with E-state index in [0.717, 1.165) is 24.5 Å². The third-order valence-electron chi connectivity index (χ3n) is 5.37. The monoisotopic (exact) mass is 425 g/mol. The number of carbonyl (C=O) groups excluding carboxylic acids is 2. The zero-order chi connectivity index (χ0) is 21.2. The number of nitrogens with zero attached hydrogens (tertiary/aromatic N) is 1. The van der Waals surface area contributed by atoms with E-state index >= 15 is 0 Å². The van der Waals surface area contributed by atoms with Crippen LogP contribution in [-0.2, 0) is 4.79 Å². The lowest BCUT2D eigenvalue weighted by Gasteiger charge is -2.23. The average molecular weight is 426 g/mol. The number of amides is 2. The first kappa shape index (κ1) is 22.2. The largest absolute Gasteiger partial charge is 0.372 e. The molecule has 2 N–H and O–H groups in total. The van der Waals surface area contributed by atoms with Crippen LogP contribution in [0.25, 0.3) is 0 Å². The second kappa shape index (κ2) is 11.6. The van der Waals surface area contributed by atoms with E-state index in [9.17, 15) is 9.59 Å². The maximum atomic E-state index is 12.9. The van der Waals surface area contributed by atoms with E-state index in [-0.39, 0.29) is 11.8 Å². The van der Waals surface area contributed by atoms with Gasteiger partial charge in [-0.3, -0.25) is 9.59 Å². The molecule has 0 spiro atoms. The van der Waals surface area contributed by atoms with Gasteiger partial charge in [-0.2, -0.15) is 11.8 Å². The van der Waals surface area contributed by atoms with Gasteiger partial charge in [0.1, 0.15) is 6.04 Å². The first-order valence-electron chi connectivity index (χ1n) is 10.7. The molecule has 0 aliphatic carbocycles. The molecule has 0 radical (unpaired) electrons. The van der Waals surface area contributed by atoms with Crippen molar-refractivity contribution in [2.75, 3.05) is 35.3 Å². The molecular formula is C24H31N3O2S. The Morgan fingerprint density at radius 3 is 2.27 bits per heavy atom. The Balaban J connectivity index is 1.62. The van der Waals surface area contributed by atoms with Crippen LogP contribution < -0.4 is 15.5 Å². The van der Waals surface area contributed by atoms with Gasteiger partial charge in [0.05, 0.1) is 0 Å². The smallest absolute Gasteiger partial charge is 0.251 e. The Morgan fingerprint density at radius 1 is 0.967 bits per heavy atom. The minimum Gasteiger partial charge on any atom is -0.372 e. The molecule has 1 heterocycles. The van der Waals surface area contributed by atoms with Gasteiger partial charge in [-0.25, -0.2) is 0 Å². The topological polar surface area (TPSA) is 61.4 Å². The predicted octanol–water partition coefficient (Wildman–Crippen LogP) is 4.56. The summed E-state index contributed by atoms with van der Waals surface area (Å²) in [5.41, 5.74) is 2.51. The third-order valence-corrected chi connectivity index (χ3v) is 6.02. The summed E-state index contributed by atoms with van der Waals surface area (Å²) >= 11 is 1.66. The first-order valence-corrected chi connectivity index (χ1v) is 12.1. The SMILES string of the molecule is CSCC[C@@H](NC(=O)c1ccccc1)C(=O)Nc1ccc(N2CCCCCC2)cc1. The van der Waals surface area contributed by atoms with Gasteiger partial charge in [0, 0.05) is 30.0 Å². The number of anilines is 2. The minimum absolute atomic E-state index is 0.184. The second-order valence-corrected chi connectivity index (χ2v) is 8.60. The lowest BCUT2D eigenvalue weighted by molar-refractivity contribution is -0.118. The van der Waals surface area contributed by atoms with Gasteiger partial charge in [0.15, 0.2) is 0 Å². The number of hydrogen-bond acceptors (Lipinski definition) is 4. The van der Waals surface area contributed by atoms with Crippen molar-refractivity contribution < 1.29 is 9.59 Å². The number of carbonyl (C=O) groups is 2. The molecule has 1 saturated heterocycles. The van der Waals surface area contributed by atoms with Gasteiger partial charge in [0.2, 0.25) is 5.91 Å². The standard InChI is InChI=1S/C24H31N3O2S/c1-30-18-15-22(26-23(28)19-9-5-4-6-10-19)24(29)25-20-11-13-21(14-12-20)27-16-7-2-3-8-17-27/h4-6,9-14,22H,2-3,7-8,15-18H2,1H3,(H,25,29)(H,26,28)/t22-/m1/s1. The van der Waals surface area contributed by atoms with Crippen molar-refractivity contribution in [3.8, 4) is 0 Å². The molecule has 30 heavy (non-hydrogen) atoms. The summed E-state index contributed by atoms with van der Waals surface area (Å²) in [6.07, 6.45) is 7.65. The Bertz CT molecular complexity index is 803. The van der Waals surface area contributed by atoms with Crippen LogP contribution >= 0.6 is 11.8 Å². The van der Waals surface area contributed by atoms with Gasteiger partial charge in [0.25, 0.3) is 5.91 Å². The highest BCUT2D eigenvalue weighted by Gasteiger charge is 2.21. The summed E-state index contributed by atoms with van der Waals surface area (Å²) in [6, 6.07) is 16.5. The fourth-order valence-electron chi connectivity index (χ4n) is 3.65. The van der Waals surface area contributed by atoms with E-state index in [1.54, 1.807) is 23.9 Å². The van der Waals surface area contributed by atoms with Crippen LogP contribution in [0.15, 0.2) is 54.6 Å². The van der Waals surface area contributed by atoms with Crippen molar-refractivity contribution >= 4 is 35.0 Å². The molecule has 160 valence electrons. The zero-order valence-corrected chi connectivity index (χ0v) is 18.4. The number of thioether (sulfide) groups is 1. The molecule has 2 aromatic carbocycles. The van der Waals surface area contributed by atoms with Gasteiger partial charge in [-0.15, -0.1) is 0 Å². The fraction of sp³-hybridized carbons (Fsp3) is 0.417. The number of nitrogens with one attached hydrogen (secondary N) is 2. The van der Waals surface area contributed by atoms with Gasteiger partial charge < -0.3 is 15.5 Å². The number of rotatable bonds is 8. The van der Waals surface area contributed by atoms with Crippen LogP contribution in [0.4, 0.5) is 11.4 Å². The van der Waals surface area contributed by atoms with Crippen molar-refractivity contribution in [1.29, 1.82) is 0 Å². The van der Waals surface area contributed by atoms with Crippen molar-refractivity contribution in [1.82, 2.24) is 5.32 Å². The van der Waals surface area contributed by atoms with Crippen LogP contribution in [0.3, 0.4) is 0 Å². The first-order chi connectivity index (χ1) is 14.7. The molecule has 1 aliphatic heterocycles. The van der Waals surface area contributed by atoms with Crippen molar-refractivity contribution in [2.24, 2.45) is 0 Å². The minimum atomic E-state index is -0.574. The zero-order valence-electron chi connectivity index (χ0n) is 17.6. The maximum absolute atomic E-state index is 12.9. The highest BCUT2D eigenvalue weighted by atomic mass is 32.2. The van der Waals surface area contributed by atoms with Gasteiger partial charge in [-0.1, -0.05) is 31.0 Å². The lowest BCUT2D eigenvalue weighted by Crippen LogP contribution is -2.44. The highest BCUT2D eigenvalue weighted by Crippen LogP contribution is 2.22. The molecule has 6 heteroatoms. The number of benzene rings is 2. The Hall–Kier alpha value is -2.47. The predicted molar refractivity (Wildman–Crippen MR) is 126 cm³/mol. The van der Waals surface area contributed by atoms with Crippen LogP contribution in [0.5, 0.6) is 0 Å². The normalized spacial score (nSPS) is 15.2. The summed E-state index contributed by atoms with van der Waals surface area (Å²) in [5.74, 6) is 0.380. The molecule has 0 aromatic heterocycles. The molecule has 0 unspecified atom stereocenters. The van der Waals surface area contributed by atoms with E-state index in [2.05, 4.69) is 27.7 Å². The van der Waals surface area contributed by atoms with E-state index in [1.807, 2.05) is 36.6 Å². The molecular weight excluding hydrogens is 394 g/mol. The van der Waals surface area contributed by atoms with Crippen LogP contribution in [0, 0.1) is 0 Å². The van der Waals surface area contributed by atoms with E-state index < -0.39 is 6.04 Å².